The molecule has 0 atom stereocenters. The number of carbonyl (C=O) groups is 1. The minimum absolute atomic E-state index is 0.127. The number of hydrogen-bond donors (Lipinski definition) is 0. The molecule has 2 aromatic rings. The number of nitrogens with zero attached hydrogens (tertiary/aromatic N) is 2. The number of alkyl halides is 3. The zero-order chi connectivity index (χ0) is 16.4. The molecule has 0 unspecified atom stereocenters. The van der Waals surface area contributed by atoms with Crippen molar-refractivity contribution in [2.75, 3.05) is 13.1 Å². The molecule has 1 saturated heterocycles. The Morgan fingerprint density at radius 1 is 1.17 bits per heavy atom. The molecule has 0 N–H and O–H groups in total. The van der Waals surface area contributed by atoms with Gasteiger partial charge < -0.3 is 9.64 Å². The van der Waals surface area contributed by atoms with Crippen molar-refractivity contribution in [3.8, 4) is 5.75 Å². The topological polar surface area (TPSA) is 42.4 Å². The maximum absolute atomic E-state index is 12.5. The van der Waals surface area contributed by atoms with Crippen LogP contribution in [0.25, 0.3) is 0 Å². The van der Waals surface area contributed by atoms with Crippen LogP contribution in [0, 0.1) is 0 Å². The Kier molecular flexibility index (Phi) is 3.94. The van der Waals surface area contributed by atoms with Crippen molar-refractivity contribution in [1.82, 2.24) is 9.88 Å². The molecule has 3 rings (SSSR count). The van der Waals surface area contributed by atoms with Crippen molar-refractivity contribution in [3.05, 3.63) is 59.9 Å². The van der Waals surface area contributed by atoms with Crippen LogP contribution >= 0.6 is 0 Å². The number of hydrogen-bond acceptors (Lipinski definition) is 3. The molecule has 0 aliphatic carbocycles. The average Bonchev–Trinajstić information content (AvgIpc) is 2.50. The number of amides is 1. The zero-order valence-corrected chi connectivity index (χ0v) is 12.0. The number of ether oxygens (including phenoxy) is 1. The summed E-state index contributed by atoms with van der Waals surface area (Å²) in [5.74, 6) is 0.323. The van der Waals surface area contributed by atoms with Gasteiger partial charge in [-0.2, -0.15) is 13.2 Å². The molecule has 0 radical (unpaired) electrons. The first-order valence-corrected chi connectivity index (χ1v) is 6.97. The molecule has 1 amide bonds. The summed E-state index contributed by atoms with van der Waals surface area (Å²) in [4.78, 5) is 17.6. The number of likely N-dealkylation sites (tertiary alicyclic amines) is 1. The summed E-state index contributed by atoms with van der Waals surface area (Å²) in [7, 11) is 0. The highest BCUT2D eigenvalue weighted by molar-refractivity contribution is 5.94. The SMILES string of the molecule is O=C(c1ccc(C(F)(F)F)cc1)N1CC(Oc2cccnc2)C1. The van der Waals surface area contributed by atoms with Gasteiger partial charge in [-0.1, -0.05) is 0 Å². The highest BCUT2D eigenvalue weighted by Crippen LogP contribution is 2.29. The average molecular weight is 322 g/mol. The van der Waals surface area contributed by atoms with Crippen LogP contribution in [-0.4, -0.2) is 35.0 Å². The number of pyridine rings is 1. The van der Waals surface area contributed by atoms with Crippen LogP contribution in [0.4, 0.5) is 13.2 Å². The smallest absolute Gasteiger partial charge is 0.416 e. The predicted octanol–water partition coefficient (Wildman–Crippen LogP) is 3.00. The Bertz CT molecular complexity index is 681. The normalized spacial score (nSPS) is 15.2. The lowest BCUT2D eigenvalue weighted by atomic mass is 10.1. The van der Waals surface area contributed by atoms with Gasteiger partial charge in [0.05, 0.1) is 24.8 Å². The van der Waals surface area contributed by atoms with Gasteiger partial charge in [0, 0.05) is 11.8 Å². The van der Waals surface area contributed by atoms with Crippen molar-refractivity contribution in [1.29, 1.82) is 0 Å². The molecular weight excluding hydrogens is 309 g/mol. The maximum Gasteiger partial charge on any atom is 0.416 e. The van der Waals surface area contributed by atoms with E-state index in [1.54, 1.807) is 24.5 Å². The minimum atomic E-state index is -4.40. The molecule has 1 aliphatic rings. The molecule has 7 heteroatoms. The van der Waals surface area contributed by atoms with Gasteiger partial charge in [0.2, 0.25) is 0 Å². The van der Waals surface area contributed by atoms with Gasteiger partial charge >= 0.3 is 6.18 Å². The number of rotatable bonds is 3. The molecule has 1 fully saturated rings. The van der Waals surface area contributed by atoms with Gasteiger partial charge in [-0.3, -0.25) is 9.78 Å². The fraction of sp³-hybridized carbons (Fsp3) is 0.250. The number of halogens is 3. The fourth-order valence-electron chi connectivity index (χ4n) is 2.27. The summed E-state index contributed by atoms with van der Waals surface area (Å²) in [6.07, 6.45) is -1.31. The van der Waals surface area contributed by atoms with E-state index in [1.807, 2.05) is 0 Å². The van der Waals surface area contributed by atoms with Gasteiger partial charge in [0.15, 0.2) is 0 Å². The lowest BCUT2D eigenvalue weighted by molar-refractivity contribution is -0.137. The quantitative estimate of drug-likeness (QED) is 0.872. The van der Waals surface area contributed by atoms with Crippen LogP contribution in [0.1, 0.15) is 15.9 Å². The number of aromatic nitrogens is 1. The van der Waals surface area contributed by atoms with Crippen LogP contribution < -0.4 is 4.74 Å². The largest absolute Gasteiger partial charge is 0.485 e. The Balaban J connectivity index is 1.56. The fourth-order valence-corrected chi connectivity index (χ4v) is 2.27. The van der Waals surface area contributed by atoms with Crippen LogP contribution in [-0.2, 0) is 6.18 Å². The van der Waals surface area contributed by atoms with Crippen LogP contribution in [0.3, 0.4) is 0 Å². The first-order chi connectivity index (χ1) is 10.9. The molecule has 0 spiro atoms. The number of benzene rings is 1. The predicted molar refractivity (Wildman–Crippen MR) is 76.0 cm³/mol. The molecule has 120 valence electrons. The third kappa shape index (κ3) is 3.44. The minimum Gasteiger partial charge on any atom is -0.485 e. The van der Waals surface area contributed by atoms with Gasteiger partial charge in [-0.15, -0.1) is 0 Å². The molecule has 0 saturated carbocycles. The molecule has 23 heavy (non-hydrogen) atoms. The van der Waals surface area contributed by atoms with Crippen molar-refractivity contribution in [3.63, 3.8) is 0 Å². The van der Waals surface area contributed by atoms with Crippen molar-refractivity contribution >= 4 is 5.91 Å². The standard InChI is InChI=1S/C16H13F3N2O2/c17-16(18,19)12-5-3-11(4-6-12)15(22)21-9-14(10-21)23-13-2-1-7-20-8-13/h1-8,14H,9-10H2. The van der Waals surface area contributed by atoms with Gasteiger partial charge in [0.25, 0.3) is 5.91 Å². The van der Waals surface area contributed by atoms with Crippen LogP contribution in [0.15, 0.2) is 48.8 Å². The zero-order valence-electron chi connectivity index (χ0n) is 12.0. The second kappa shape index (κ2) is 5.91. The van der Waals surface area contributed by atoms with Crippen LogP contribution in [0.5, 0.6) is 5.75 Å². The van der Waals surface area contributed by atoms with E-state index in [1.165, 1.54) is 17.0 Å². The van der Waals surface area contributed by atoms with Crippen LogP contribution in [0.2, 0.25) is 0 Å². The highest BCUT2D eigenvalue weighted by atomic mass is 19.4. The summed E-state index contributed by atoms with van der Waals surface area (Å²) in [6, 6.07) is 7.74. The van der Waals surface area contributed by atoms with E-state index in [4.69, 9.17) is 4.74 Å². The first-order valence-electron chi connectivity index (χ1n) is 6.97. The van der Waals surface area contributed by atoms with Gasteiger partial charge in [-0.25, -0.2) is 0 Å². The third-order valence-electron chi connectivity index (χ3n) is 3.53. The van der Waals surface area contributed by atoms with Crippen molar-refractivity contribution < 1.29 is 22.7 Å². The molecule has 0 bridgehead atoms. The lowest BCUT2D eigenvalue weighted by Gasteiger charge is -2.38. The Morgan fingerprint density at radius 2 is 1.87 bits per heavy atom. The molecule has 1 aromatic carbocycles. The monoisotopic (exact) mass is 322 g/mol. The molecule has 4 nitrogen and oxygen atoms in total. The molecule has 1 aliphatic heterocycles. The second-order valence-electron chi connectivity index (χ2n) is 5.21. The summed E-state index contributed by atoms with van der Waals surface area (Å²) in [6.45, 7) is 0.795. The van der Waals surface area contributed by atoms with E-state index in [-0.39, 0.29) is 17.6 Å². The molecule has 1 aromatic heterocycles. The van der Waals surface area contributed by atoms with E-state index >= 15 is 0 Å². The lowest BCUT2D eigenvalue weighted by Crippen LogP contribution is -2.56. The van der Waals surface area contributed by atoms with Crippen molar-refractivity contribution in [2.24, 2.45) is 0 Å². The van der Waals surface area contributed by atoms with Gasteiger partial charge in [-0.05, 0) is 36.4 Å². The van der Waals surface area contributed by atoms with E-state index < -0.39 is 11.7 Å². The third-order valence-corrected chi connectivity index (χ3v) is 3.53. The van der Waals surface area contributed by atoms with E-state index in [2.05, 4.69) is 4.98 Å². The first kappa shape index (κ1) is 15.3. The summed E-state index contributed by atoms with van der Waals surface area (Å²) < 4.78 is 43.1. The molecule has 2 heterocycles. The Morgan fingerprint density at radius 3 is 2.43 bits per heavy atom. The Labute approximate surface area is 130 Å². The van der Waals surface area contributed by atoms with E-state index in [0.29, 0.717) is 18.8 Å². The summed E-state index contributed by atoms with van der Waals surface area (Å²) in [5, 5.41) is 0. The van der Waals surface area contributed by atoms with E-state index in [0.717, 1.165) is 12.1 Å². The second-order valence-corrected chi connectivity index (χ2v) is 5.21. The molecular formula is C16H13F3N2O2. The highest BCUT2D eigenvalue weighted by Gasteiger charge is 2.34. The summed E-state index contributed by atoms with van der Waals surface area (Å²) in [5.41, 5.74) is -0.534. The van der Waals surface area contributed by atoms with Gasteiger partial charge in [0.1, 0.15) is 11.9 Å². The van der Waals surface area contributed by atoms with E-state index in [9.17, 15) is 18.0 Å². The summed E-state index contributed by atoms with van der Waals surface area (Å²) >= 11 is 0. The number of carbonyl (C=O) groups excluding carboxylic acids is 1. The maximum atomic E-state index is 12.5. The Hall–Kier alpha value is -2.57. The van der Waals surface area contributed by atoms with Crippen molar-refractivity contribution in [2.45, 2.75) is 12.3 Å².